The summed E-state index contributed by atoms with van der Waals surface area (Å²) in [5.41, 5.74) is 0.906. The lowest BCUT2D eigenvalue weighted by Crippen LogP contribution is -2.54. The Bertz CT molecular complexity index is 482. The van der Waals surface area contributed by atoms with Gasteiger partial charge in [-0.15, -0.1) is 0 Å². The average molecular weight is 272 g/mol. The van der Waals surface area contributed by atoms with Crippen LogP contribution in [0.15, 0.2) is 30.3 Å². The van der Waals surface area contributed by atoms with Crippen LogP contribution in [0.4, 0.5) is 5.69 Å². The Morgan fingerprint density at radius 1 is 1.50 bits per heavy atom. The van der Waals surface area contributed by atoms with Gasteiger partial charge in [-0.05, 0) is 19.1 Å². The normalized spacial score (nSPS) is 19.3. The molecule has 5 heteroatoms. The summed E-state index contributed by atoms with van der Waals surface area (Å²) in [5, 5.41) is 12.3. The zero-order valence-electron chi connectivity index (χ0n) is 11.7. The van der Waals surface area contributed by atoms with Gasteiger partial charge in [-0.1, -0.05) is 18.2 Å². The largest absolute Gasteiger partial charge is 0.313 e. The van der Waals surface area contributed by atoms with Crippen molar-refractivity contribution in [1.29, 1.82) is 5.26 Å². The van der Waals surface area contributed by atoms with Crippen molar-refractivity contribution >= 4 is 11.6 Å². The number of nitrogens with zero attached hydrogens (tertiary/aromatic N) is 3. The smallest absolute Gasteiger partial charge is 0.241 e. The highest BCUT2D eigenvalue weighted by atomic mass is 16.2. The molecule has 0 saturated carbocycles. The van der Waals surface area contributed by atoms with Gasteiger partial charge < -0.3 is 10.2 Å². The average Bonchev–Trinajstić information content (AvgIpc) is 2.49. The van der Waals surface area contributed by atoms with Crippen molar-refractivity contribution in [2.45, 2.75) is 13.0 Å². The number of benzene rings is 1. The van der Waals surface area contributed by atoms with Crippen LogP contribution in [-0.2, 0) is 4.79 Å². The Balaban J connectivity index is 2.04. The van der Waals surface area contributed by atoms with E-state index in [2.05, 4.69) is 11.4 Å². The minimum atomic E-state index is -0.220. The predicted molar refractivity (Wildman–Crippen MR) is 78.3 cm³/mol. The quantitative estimate of drug-likeness (QED) is 0.882. The van der Waals surface area contributed by atoms with E-state index in [0.717, 1.165) is 18.8 Å². The molecule has 106 valence electrons. The Hall–Kier alpha value is -1.90. The number of nitriles is 1. The van der Waals surface area contributed by atoms with Gasteiger partial charge in [0.25, 0.3) is 0 Å². The zero-order chi connectivity index (χ0) is 14.4. The molecule has 1 fully saturated rings. The molecule has 1 saturated heterocycles. The van der Waals surface area contributed by atoms with Gasteiger partial charge in [0.2, 0.25) is 5.91 Å². The van der Waals surface area contributed by atoms with Crippen LogP contribution in [0.3, 0.4) is 0 Å². The highest BCUT2D eigenvalue weighted by Crippen LogP contribution is 2.14. The number of carbonyl (C=O) groups is 1. The third-order valence-electron chi connectivity index (χ3n) is 3.53. The monoisotopic (exact) mass is 272 g/mol. The van der Waals surface area contributed by atoms with Crippen molar-refractivity contribution in [3.05, 3.63) is 30.3 Å². The fraction of sp³-hybridized carbons (Fsp3) is 0.467. The van der Waals surface area contributed by atoms with E-state index in [4.69, 9.17) is 5.26 Å². The molecule has 1 N–H and O–H groups in total. The van der Waals surface area contributed by atoms with Crippen molar-refractivity contribution in [3.63, 3.8) is 0 Å². The summed E-state index contributed by atoms with van der Waals surface area (Å²) in [6.45, 7) is 5.07. The number of piperazine rings is 1. The highest BCUT2D eigenvalue weighted by molar-refractivity contribution is 5.94. The number of hydrogen-bond donors (Lipinski definition) is 1. The summed E-state index contributed by atoms with van der Waals surface area (Å²) in [6.07, 6.45) is 0. The van der Waals surface area contributed by atoms with Crippen LogP contribution < -0.4 is 10.2 Å². The van der Waals surface area contributed by atoms with E-state index in [1.807, 2.05) is 42.2 Å². The lowest BCUT2D eigenvalue weighted by atomic mass is 10.2. The number of anilines is 1. The maximum Gasteiger partial charge on any atom is 0.241 e. The fourth-order valence-corrected chi connectivity index (χ4v) is 2.43. The molecule has 1 aliphatic rings. The van der Waals surface area contributed by atoms with Crippen molar-refractivity contribution < 1.29 is 4.79 Å². The van der Waals surface area contributed by atoms with Gasteiger partial charge in [0, 0.05) is 31.9 Å². The van der Waals surface area contributed by atoms with Crippen molar-refractivity contribution in [3.8, 4) is 6.07 Å². The fourth-order valence-electron chi connectivity index (χ4n) is 2.43. The number of carbonyl (C=O) groups excluding carboxylic acids is 1. The first-order valence-electron chi connectivity index (χ1n) is 6.96. The predicted octanol–water partition coefficient (Wildman–Crippen LogP) is 0.837. The van der Waals surface area contributed by atoms with E-state index in [-0.39, 0.29) is 11.9 Å². The molecule has 1 heterocycles. The zero-order valence-corrected chi connectivity index (χ0v) is 11.7. The second-order valence-corrected chi connectivity index (χ2v) is 4.79. The van der Waals surface area contributed by atoms with Gasteiger partial charge in [-0.3, -0.25) is 9.69 Å². The molecule has 1 amide bonds. The number of amides is 1. The van der Waals surface area contributed by atoms with Crippen molar-refractivity contribution in [2.75, 3.05) is 37.6 Å². The SMILES string of the molecule is CCN(C(=O)CN1CCNCC1C#N)c1ccccc1. The minimum absolute atomic E-state index is 0.0425. The van der Waals surface area contributed by atoms with Gasteiger partial charge in [-0.2, -0.15) is 5.26 Å². The lowest BCUT2D eigenvalue weighted by Gasteiger charge is -2.33. The van der Waals surface area contributed by atoms with E-state index in [9.17, 15) is 4.79 Å². The molecule has 1 aromatic carbocycles. The van der Waals surface area contributed by atoms with Crippen LogP contribution in [0.1, 0.15) is 6.92 Å². The first-order valence-corrected chi connectivity index (χ1v) is 6.96. The summed E-state index contributed by atoms with van der Waals surface area (Å²) in [6, 6.07) is 11.7. The van der Waals surface area contributed by atoms with Gasteiger partial charge in [0.1, 0.15) is 6.04 Å². The molecule has 1 aliphatic heterocycles. The molecule has 0 aromatic heterocycles. The van der Waals surface area contributed by atoms with Crippen LogP contribution >= 0.6 is 0 Å². The van der Waals surface area contributed by atoms with Gasteiger partial charge in [0.15, 0.2) is 0 Å². The maximum absolute atomic E-state index is 12.5. The van der Waals surface area contributed by atoms with Crippen LogP contribution in [0.5, 0.6) is 0 Å². The van der Waals surface area contributed by atoms with Gasteiger partial charge >= 0.3 is 0 Å². The number of nitrogens with one attached hydrogen (secondary N) is 1. The maximum atomic E-state index is 12.5. The van der Waals surface area contributed by atoms with E-state index in [1.54, 1.807) is 4.90 Å². The second-order valence-electron chi connectivity index (χ2n) is 4.79. The number of para-hydroxylation sites is 1. The Morgan fingerprint density at radius 3 is 2.90 bits per heavy atom. The molecule has 0 radical (unpaired) electrons. The Morgan fingerprint density at radius 2 is 2.25 bits per heavy atom. The molecule has 0 aliphatic carbocycles. The topological polar surface area (TPSA) is 59.4 Å². The molecule has 0 bridgehead atoms. The van der Waals surface area contributed by atoms with Crippen molar-refractivity contribution in [2.24, 2.45) is 0 Å². The first-order chi connectivity index (χ1) is 9.76. The van der Waals surface area contributed by atoms with Crippen LogP contribution in [-0.4, -0.2) is 49.6 Å². The number of rotatable bonds is 4. The highest BCUT2D eigenvalue weighted by Gasteiger charge is 2.25. The first kappa shape index (κ1) is 14.5. The standard InChI is InChI=1S/C15H20N4O/c1-2-19(13-6-4-3-5-7-13)15(20)12-18-9-8-17-11-14(18)10-16/h3-7,14,17H,2,8-9,11-12H2,1H3. The summed E-state index contributed by atoms with van der Waals surface area (Å²) in [5.74, 6) is 0.0425. The molecule has 2 rings (SSSR count). The van der Waals surface area contributed by atoms with Gasteiger partial charge in [-0.25, -0.2) is 0 Å². The van der Waals surface area contributed by atoms with E-state index < -0.39 is 0 Å². The summed E-state index contributed by atoms with van der Waals surface area (Å²) < 4.78 is 0. The second kappa shape index (κ2) is 7.04. The van der Waals surface area contributed by atoms with Crippen molar-refractivity contribution in [1.82, 2.24) is 10.2 Å². The third-order valence-corrected chi connectivity index (χ3v) is 3.53. The van der Waals surface area contributed by atoms with Gasteiger partial charge in [0.05, 0.1) is 12.6 Å². The molecular weight excluding hydrogens is 252 g/mol. The minimum Gasteiger partial charge on any atom is -0.313 e. The number of likely N-dealkylation sites (N-methyl/N-ethyl adjacent to an activating group) is 1. The lowest BCUT2D eigenvalue weighted by molar-refractivity contribution is -0.120. The molecular formula is C15H20N4O. The van der Waals surface area contributed by atoms with E-state index in [0.29, 0.717) is 19.6 Å². The molecule has 1 aromatic rings. The molecule has 1 atom stereocenters. The van der Waals surface area contributed by atoms with Crippen LogP contribution in [0, 0.1) is 11.3 Å². The van der Waals surface area contributed by atoms with E-state index in [1.165, 1.54) is 0 Å². The molecule has 0 spiro atoms. The summed E-state index contributed by atoms with van der Waals surface area (Å²) in [4.78, 5) is 16.2. The summed E-state index contributed by atoms with van der Waals surface area (Å²) >= 11 is 0. The molecule has 20 heavy (non-hydrogen) atoms. The molecule has 5 nitrogen and oxygen atoms in total. The van der Waals surface area contributed by atoms with E-state index >= 15 is 0 Å². The Labute approximate surface area is 119 Å². The molecule has 1 unspecified atom stereocenters. The third kappa shape index (κ3) is 3.35. The Kier molecular flexibility index (Phi) is 5.10. The summed E-state index contributed by atoms with van der Waals surface area (Å²) in [7, 11) is 0. The number of hydrogen-bond acceptors (Lipinski definition) is 4. The van der Waals surface area contributed by atoms with Crippen LogP contribution in [0.25, 0.3) is 0 Å². The van der Waals surface area contributed by atoms with Crippen LogP contribution in [0.2, 0.25) is 0 Å².